The molecule has 0 spiro atoms. The van der Waals surface area contributed by atoms with E-state index in [4.69, 9.17) is 0 Å². The van der Waals surface area contributed by atoms with E-state index in [-0.39, 0.29) is 11.9 Å². The van der Waals surface area contributed by atoms with Crippen molar-refractivity contribution in [3.8, 4) is 0 Å². The van der Waals surface area contributed by atoms with Gasteiger partial charge in [-0.1, -0.05) is 6.07 Å². The zero-order valence-electron chi connectivity index (χ0n) is 9.81. The minimum absolute atomic E-state index is 0.0788. The topological polar surface area (TPSA) is 74.2 Å². The second-order valence-electron chi connectivity index (χ2n) is 4.34. The van der Waals surface area contributed by atoms with E-state index < -0.39 is 6.10 Å². The highest BCUT2D eigenvalue weighted by atomic mass is 16.3. The summed E-state index contributed by atoms with van der Waals surface area (Å²) in [5.41, 5.74) is 1.78. The monoisotopic (exact) mass is 235 g/mol. The van der Waals surface area contributed by atoms with Crippen LogP contribution in [0.3, 0.4) is 0 Å². The number of aryl methyl sites for hydroxylation is 1. The molecule has 5 nitrogen and oxygen atoms in total. The summed E-state index contributed by atoms with van der Waals surface area (Å²) >= 11 is 0. The highest BCUT2D eigenvalue weighted by Gasteiger charge is 2.27. The van der Waals surface area contributed by atoms with E-state index in [9.17, 15) is 9.90 Å². The average Bonchev–Trinajstić information content (AvgIpc) is 2.73. The maximum absolute atomic E-state index is 11.7. The zero-order chi connectivity index (χ0) is 12.3. The van der Waals surface area contributed by atoms with Gasteiger partial charge in [0.1, 0.15) is 0 Å². The van der Waals surface area contributed by atoms with Gasteiger partial charge in [0.2, 0.25) is 5.91 Å². The quantitative estimate of drug-likeness (QED) is 0.674. The summed E-state index contributed by atoms with van der Waals surface area (Å²) in [5.74, 6) is -0.0788. The summed E-state index contributed by atoms with van der Waals surface area (Å²) in [6.07, 6.45) is 0.0652. The van der Waals surface area contributed by atoms with Gasteiger partial charge >= 0.3 is 0 Å². The molecule has 3 N–H and O–H groups in total. The molecule has 2 heterocycles. The van der Waals surface area contributed by atoms with Crippen molar-refractivity contribution >= 4 is 5.91 Å². The number of carbonyl (C=O) groups is 1. The molecule has 0 aromatic carbocycles. The van der Waals surface area contributed by atoms with Gasteiger partial charge in [-0.05, 0) is 25.5 Å². The number of nitrogens with zero attached hydrogens (tertiary/aromatic N) is 1. The van der Waals surface area contributed by atoms with Crippen molar-refractivity contribution in [1.82, 2.24) is 15.6 Å². The molecular formula is C12H17N3O2. The number of hydrogen-bond acceptors (Lipinski definition) is 4. The lowest BCUT2D eigenvalue weighted by atomic mass is 10.2. The van der Waals surface area contributed by atoms with Gasteiger partial charge in [0.15, 0.2) is 0 Å². The van der Waals surface area contributed by atoms with Crippen molar-refractivity contribution in [2.45, 2.75) is 32.0 Å². The standard InChI is InChI=1S/C12H17N3O2/c1-8-3-2-4-9(15-8)6-14-12(17)11-5-10(16)7-13-11/h2-4,10-11,13,16H,5-7H2,1H3,(H,14,17). The lowest BCUT2D eigenvalue weighted by Gasteiger charge is -2.10. The van der Waals surface area contributed by atoms with E-state index in [1.54, 1.807) is 0 Å². The first-order chi connectivity index (χ1) is 8.15. The highest BCUT2D eigenvalue weighted by molar-refractivity contribution is 5.82. The molecule has 2 unspecified atom stereocenters. The van der Waals surface area contributed by atoms with Crippen LogP contribution in [0, 0.1) is 6.92 Å². The van der Waals surface area contributed by atoms with E-state index in [0.717, 1.165) is 11.4 Å². The van der Waals surface area contributed by atoms with Crippen LogP contribution < -0.4 is 10.6 Å². The molecule has 0 saturated carbocycles. The second kappa shape index (κ2) is 5.25. The number of aromatic nitrogens is 1. The Hall–Kier alpha value is -1.46. The van der Waals surface area contributed by atoms with Crippen molar-refractivity contribution < 1.29 is 9.90 Å². The molecule has 1 aromatic rings. The predicted octanol–water partition coefficient (Wildman–Crippen LogP) is -0.271. The number of aliphatic hydroxyl groups is 1. The van der Waals surface area contributed by atoms with Crippen LogP contribution in [0.15, 0.2) is 18.2 Å². The molecule has 1 aromatic heterocycles. The van der Waals surface area contributed by atoms with Crippen LogP contribution in [-0.4, -0.2) is 34.7 Å². The SMILES string of the molecule is Cc1cccc(CNC(=O)C2CC(O)CN2)n1. The third-order valence-corrected chi connectivity index (χ3v) is 2.81. The van der Waals surface area contributed by atoms with Gasteiger partial charge in [-0.3, -0.25) is 9.78 Å². The number of rotatable bonds is 3. The number of carbonyl (C=O) groups excluding carboxylic acids is 1. The van der Waals surface area contributed by atoms with Crippen LogP contribution in [0.1, 0.15) is 17.8 Å². The first-order valence-electron chi connectivity index (χ1n) is 5.77. The number of nitrogens with one attached hydrogen (secondary N) is 2. The fourth-order valence-corrected chi connectivity index (χ4v) is 1.92. The van der Waals surface area contributed by atoms with Crippen LogP contribution >= 0.6 is 0 Å². The van der Waals surface area contributed by atoms with Gasteiger partial charge in [-0.15, -0.1) is 0 Å². The number of β-amino-alcohol motifs (C(OH)–C–C–N with tert-alkyl or cyclic N) is 1. The summed E-state index contributed by atoms with van der Waals surface area (Å²) in [7, 11) is 0. The minimum atomic E-state index is -0.414. The predicted molar refractivity (Wildman–Crippen MR) is 63.2 cm³/mol. The van der Waals surface area contributed by atoms with Crippen molar-refractivity contribution in [1.29, 1.82) is 0 Å². The molecule has 0 bridgehead atoms. The van der Waals surface area contributed by atoms with Crippen molar-refractivity contribution in [3.63, 3.8) is 0 Å². The summed E-state index contributed by atoms with van der Waals surface area (Å²) in [6, 6.07) is 5.43. The molecule has 1 fully saturated rings. The first-order valence-corrected chi connectivity index (χ1v) is 5.77. The largest absolute Gasteiger partial charge is 0.392 e. The molecule has 2 atom stereocenters. The first kappa shape index (κ1) is 12.0. The molecule has 0 radical (unpaired) electrons. The number of hydrogen-bond donors (Lipinski definition) is 3. The molecule has 2 rings (SSSR count). The second-order valence-corrected chi connectivity index (χ2v) is 4.34. The molecule has 1 aliphatic rings. The number of pyridine rings is 1. The third-order valence-electron chi connectivity index (χ3n) is 2.81. The Morgan fingerprint density at radius 1 is 1.65 bits per heavy atom. The molecular weight excluding hydrogens is 218 g/mol. The average molecular weight is 235 g/mol. The minimum Gasteiger partial charge on any atom is -0.392 e. The van der Waals surface area contributed by atoms with Crippen LogP contribution in [0.4, 0.5) is 0 Å². The van der Waals surface area contributed by atoms with Gasteiger partial charge < -0.3 is 15.7 Å². The Morgan fingerprint density at radius 3 is 3.12 bits per heavy atom. The summed E-state index contributed by atoms with van der Waals surface area (Å²) in [4.78, 5) is 16.0. The lowest BCUT2D eigenvalue weighted by molar-refractivity contribution is -0.123. The van der Waals surface area contributed by atoms with Crippen molar-refractivity contribution in [3.05, 3.63) is 29.6 Å². The van der Waals surface area contributed by atoms with E-state index in [0.29, 0.717) is 19.5 Å². The molecule has 17 heavy (non-hydrogen) atoms. The molecule has 1 aliphatic heterocycles. The zero-order valence-corrected chi connectivity index (χ0v) is 9.81. The van der Waals surface area contributed by atoms with Crippen LogP contribution in [0.25, 0.3) is 0 Å². The Morgan fingerprint density at radius 2 is 2.47 bits per heavy atom. The smallest absolute Gasteiger partial charge is 0.237 e. The van der Waals surface area contributed by atoms with Gasteiger partial charge in [-0.2, -0.15) is 0 Å². The molecule has 0 aliphatic carbocycles. The fraction of sp³-hybridized carbons (Fsp3) is 0.500. The maximum Gasteiger partial charge on any atom is 0.237 e. The fourth-order valence-electron chi connectivity index (χ4n) is 1.92. The van der Waals surface area contributed by atoms with Gasteiger partial charge in [-0.25, -0.2) is 0 Å². The molecule has 1 amide bonds. The maximum atomic E-state index is 11.7. The van der Waals surface area contributed by atoms with Crippen molar-refractivity contribution in [2.75, 3.05) is 6.54 Å². The summed E-state index contributed by atoms with van der Waals surface area (Å²) in [5, 5.41) is 15.1. The van der Waals surface area contributed by atoms with E-state index in [1.165, 1.54) is 0 Å². The van der Waals surface area contributed by atoms with E-state index in [2.05, 4.69) is 15.6 Å². The van der Waals surface area contributed by atoms with Crippen molar-refractivity contribution in [2.24, 2.45) is 0 Å². The molecule has 92 valence electrons. The van der Waals surface area contributed by atoms with Crippen LogP contribution in [0.5, 0.6) is 0 Å². The molecule has 5 heteroatoms. The summed E-state index contributed by atoms with van der Waals surface area (Å²) in [6.45, 7) is 2.83. The normalized spacial score (nSPS) is 23.6. The summed E-state index contributed by atoms with van der Waals surface area (Å²) < 4.78 is 0. The number of aliphatic hydroxyl groups excluding tert-OH is 1. The van der Waals surface area contributed by atoms with Gasteiger partial charge in [0.05, 0.1) is 24.4 Å². The Balaban J connectivity index is 1.84. The van der Waals surface area contributed by atoms with E-state index in [1.807, 2.05) is 25.1 Å². The third kappa shape index (κ3) is 3.25. The van der Waals surface area contributed by atoms with Gasteiger partial charge in [0.25, 0.3) is 0 Å². The molecule has 1 saturated heterocycles. The van der Waals surface area contributed by atoms with E-state index >= 15 is 0 Å². The Labute approximate surface area is 100 Å². The Kier molecular flexibility index (Phi) is 3.71. The highest BCUT2D eigenvalue weighted by Crippen LogP contribution is 2.06. The van der Waals surface area contributed by atoms with Crippen LogP contribution in [-0.2, 0) is 11.3 Å². The van der Waals surface area contributed by atoms with Crippen LogP contribution in [0.2, 0.25) is 0 Å². The van der Waals surface area contributed by atoms with Gasteiger partial charge in [0, 0.05) is 12.2 Å². The number of amides is 1. The Bertz CT molecular complexity index is 408. The lowest BCUT2D eigenvalue weighted by Crippen LogP contribution is -2.40.